The highest BCUT2D eigenvalue weighted by atomic mass is 16.5. The molecule has 3 rings (SSSR count). The van der Waals surface area contributed by atoms with Gasteiger partial charge >= 0.3 is 0 Å². The molecule has 1 saturated carbocycles. The van der Waals surface area contributed by atoms with Gasteiger partial charge in [-0.15, -0.1) is 0 Å². The maximum absolute atomic E-state index is 5.69. The minimum absolute atomic E-state index is 0.497. The summed E-state index contributed by atoms with van der Waals surface area (Å²) in [6.45, 7) is 9.97. The van der Waals surface area contributed by atoms with E-state index in [-0.39, 0.29) is 0 Å². The second-order valence-electron chi connectivity index (χ2n) is 8.77. The van der Waals surface area contributed by atoms with Crippen molar-refractivity contribution in [2.24, 2.45) is 22.7 Å². The van der Waals surface area contributed by atoms with E-state index in [9.17, 15) is 0 Å². The minimum Gasteiger partial charge on any atom is -0.381 e. The number of guanidine groups is 1. The Kier molecular flexibility index (Phi) is 8.22. The molecule has 0 amide bonds. The summed E-state index contributed by atoms with van der Waals surface area (Å²) in [6, 6.07) is 0.497. The lowest BCUT2D eigenvalue weighted by molar-refractivity contribution is 0.00234. The van der Waals surface area contributed by atoms with Gasteiger partial charge in [0, 0.05) is 58.8 Å². The Labute approximate surface area is 165 Å². The van der Waals surface area contributed by atoms with Gasteiger partial charge in [-0.3, -0.25) is 9.89 Å². The predicted octanol–water partition coefficient (Wildman–Crippen LogP) is 2.06. The third-order valence-electron chi connectivity index (χ3n) is 6.73. The second-order valence-corrected chi connectivity index (χ2v) is 8.77. The molecular formula is C21H40N4O2. The molecule has 2 aliphatic heterocycles. The van der Waals surface area contributed by atoms with Gasteiger partial charge in [0.05, 0.1) is 19.8 Å². The van der Waals surface area contributed by atoms with Gasteiger partial charge in [0.1, 0.15) is 0 Å². The molecule has 6 nitrogen and oxygen atoms in total. The predicted molar refractivity (Wildman–Crippen MR) is 110 cm³/mol. The Balaban J connectivity index is 1.52. The normalized spacial score (nSPS) is 31.7. The second kappa shape index (κ2) is 10.6. The quantitative estimate of drug-likeness (QED) is 0.565. The molecule has 27 heavy (non-hydrogen) atoms. The number of morpholine rings is 1. The van der Waals surface area contributed by atoms with Crippen molar-refractivity contribution in [2.75, 3.05) is 66.7 Å². The van der Waals surface area contributed by atoms with E-state index in [1.165, 1.54) is 32.1 Å². The highest BCUT2D eigenvalue weighted by molar-refractivity contribution is 5.79. The Morgan fingerprint density at radius 3 is 2.48 bits per heavy atom. The Morgan fingerprint density at radius 2 is 1.85 bits per heavy atom. The van der Waals surface area contributed by atoms with Crippen molar-refractivity contribution in [3.63, 3.8) is 0 Å². The fraction of sp³-hybridized carbons (Fsp3) is 0.952. The maximum atomic E-state index is 5.69. The van der Waals surface area contributed by atoms with Gasteiger partial charge in [-0.25, -0.2) is 0 Å². The van der Waals surface area contributed by atoms with E-state index < -0.39 is 0 Å². The zero-order valence-corrected chi connectivity index (χ0v) is 17.7. The van der Waals surface area contributed by atoms with Gasteiger partial charge in [-0.2, -0.15) is 0 Å². The zero-order valence-electron chi connectivity index (χ0n) is 17.7. The third-order valence-corrected chi connectivity index (χ3v) is 6.73. The van der Waals surface area contributed by atoms with Crippen LogP contribution < -0.4 is 5.32 Å². The smallest absolute Gasteiger partial charge is 0.193 e. The fourth-order valence-electron chi connectivity index (χ4n) is 4.93. The van der Waals surface area contributed by atoms with Crippen LogP contribution in [0.2, 0.25) is 0 Å². The van der Waals surface area contributed by atoms with Crippen molar-refractivity contribution < 1.29 is 9.47 Å². The molecule has 0 aromatic carbocycles. The molecular weight excluding hydrogens is 340 g/mol. The van der Waals surface area contributed by atoms with Crippen LogP contribution in [0.15, 0.2) is 4.99 Å². The Bertz CT molecular complexity index is 453. The third kappa shape index (κ3) is 6.06. The summed E-state index contributed by atoms with van der Waals surface area (Å²) in [4.78, 5) is 9.49. The van der Waals surface area contributed by atoms with Crippen LogP contribution in [0.25, 0.3) is 0 Å². The monoisotopic (exact) mass is 380 g/mol. The summed E-state index contributed by atoms with van der Waals surface area (Å²) >= 11 is 0. The van der Waals surface area contributed by atoms with Crippen LogP contribution in [0, 0.1) is 17.8 Å². The van der Waals surface area contributed by atoms with Crippen molar-refractivity contribution in [1.29, 1.82) is 0 Å². The molecule has 0 spiro atoms. The van der Waals surface area contributed by atoms with Crippen LogP contribution in [0.5, 0.6) is 0 Å². The molecule has 3 fully saturated rings. The standard InChI is InChI=1S/C21H40N4O2/c1-17-4-6-18(7-5-17)15-24(3)21(22-2)23-14-20(19-8-11-27-16-19)25-9-12-26-13-10-25/h17-20H,4-16H2,1-3H3,(H,22,23). The Hall–Kier alpha value is -0.850. The van der Waals surface area contributed by atoms with Gasteiger partial charge in [0.25, 0.3) is 0 Å². The van der Waals surface area contributed by atoms with Crippen LogP contribution in [0.4, 0.5) is 0 Å². The number of hydrogen-bond donors (Lipinski definition) is 1. The van der Waals surface area contributed by atoms with Gasteiger partial charge in [0.15, 0.2) is 5.96 Å². The van der Waals surface area contributed by atoms with E-state index in [0.29, 0.717) is 12.0 Å². The highest BCUT2D eigenvalue weighted by Crippen LogP contribution is 2.28. The van der Waals surface area contributed by atoms with Gasteiger partial charge < -0.3 is 19.7 Å². The molecule has 2 saturated heterocycles. The first-order valence-electron chi connectivity index (χ1n) is 11.0. The molecule has 2 unspecified atom stereocenters. The largest absolute Gasteiger partial charge is 0.381 e. The van der Waals surface area contributed by atoms with E-state index in [4.69, 9.17) is 9.47 Å². The molecule has 3 aliphatic rings. The zero-order chi connectivity index (χ0) is 19.1. The summed E-state index contributed by atoms with van der Waals surface area (Å²) in [5.74, 6) is 3.36. The Morgan fingerprint density at radius 1 is 1.11 bits per heavy atom. The molecule has 156 valence electrons. The molecule has 0 aromatic heterocycles. The fourth-order valence-corrected chi connectivity index (χ4v) is 4.93. The van der Waals surface area contributed by atoms with E-state index in [0.717, 1.165) is 70.4 Å². The number of nitrogens with zero attached hydrogens (tertiary/aromatic N) is 3. The van der Waals surface area contributed by atoms with Crippen molar-refractivity contribution in [1.82, 2.24) is 15.1 Å². The summed E-state index contributed by atoms with van der Waals surface area (Å²) in [6.07, 6.45) is 6.64. The van der Waals surface area contributed by atoms with Crippen molar-refractivity contribution in [3.8, 4) is 0 Å². The highest BCUT2D eigenvalue weighted by Gasteiger charge is 2.32. The molecule has 0 bridgehead atoms. The summed E-state index contributed by atoms with van der Waals surface area (Å²) < 4.78 is 11.3. The molecule has 0 radical (unpaired) electrons. The first-order valence-corrected chi connectivity index (χ1v) is 11.0. The summed E-state index contributed by atoms with van der Waals surface area (Å²) in [5.41, 5.74) is 0. The van der Waals surface area contributed by atoms with Crippen molar-refractivity contribution >= 4 is 5.96 Å². The summed E-state index contributed by atoms with van der Waals surface area (Å²) in [5, 5.41) is 3.68. The number of aliphatic imine (C=N–C) groups is 1. The molecule has 2 heterocycles. The lowest BCUT2D eigenvalue weighted by Gasteiger charge is -2.38. The molecule has 2 atom stereocenters. The van der Waals surface area contributed by atoms with Crippen LogP contribution in [-0.2, 0) is 9.47 Å². The molecule has 0 aromatic rings. The van der Waals surface area contributed by atoms with Crippen LogP contribution in [-0.4, -0.2) is 88.5 Å². The SMILES string of the molecule is CN=C(NCC(C1CCOC1)N1CCOCC1)N(C)CC1CCC(C)CC1. The van der Waals surface area contributed by atoms with Crippen molar-refractivity contribution in [3.05, 3.63) is 0 Å². The van der Waals surface area contributed by atoms with Crippen LogP contribution >= 0.6 is 0 Å². The van der Waals surface area contributed by atoms with Crippen LogP contribution in [0.1, 0.15) is 39.0 Å². The van der Waals surface area contributed by atoms with Crippen LogP contribution in [0.3, 0.4) is 0 Å². The number of ether oxygens (including phenoxy) is 2. The molecule has 1 N–H and O–H groups in total. The number of nitrogens with one attached hydrogen (secondary N) is 1. The first-order chi connectivity index (χ1) is 13.2. The van der Waals surface area contributed by atoms with E-state index in [2.05, 4.69) is 34.1 Å². The molecule has 1 aliphatic carbocycles. The lowest BCUT2D eigenvalue weighted by Crippen LogP contribution is -2.54. The van der Waals surface area contributed by atoms with E-state index in [1.807, 2.05) is 7.05 Å². The first kappa shape index (κ1) is 20.9. The topological polar surface area (TPSA) is 49.3 Å². The van der Waals surface area contributed by atoms with E-state index >= 15 is 0 Å². The molecule has 6 heteroatoms. The number of rotatable bonds is 6. The average Bonchev–Trinajstić information content (AvgIpc) is 3.22. The van der Waals surface area contributed by atoms with E-state index in [1.54, 1.807) is 0 Å². The average molecular weight is 381 g/mol. The maximum Gasteiger partial charge on any atom is 0.193 e. The number of hydrogen-bond acceptors (Lipinski definition) is 4. The van der Waals surface area contributed by atoms with Crippen molar-refractivity contribution in [2.45, 2.75) is 45.1 Å². The van der Waals surface area contributed by atoms with Gasteiger partial charge in [-0.05, 0) is 31.1 Å². The van der Waals surface area contributed by atoms with Gasteiger partial charge in [-0.1, -0.05) is 19.8 Å². The summed E-state index contributed by atoms with van der Waals surface area (Å²) in [7, 11) is 4.10. The lowest BCUT2D eigenvalue weighted by atomic mass is 9.83. The van der Waals surface area contributed by atoms with Gasteiger partial charge in [0.2, 0.25) is 0 Å². The minimum atomic E-state index is 0.497.